The Labute approximate surface area is 182 Å². The zero-order valence-electron chi connectivity index (χ0n) is 18.2. The highest BCUT2D eigenvalue weighted by atomic mass is 31.2. The number of allylic oxidation sites excluding steroid dienone is 1. The number of benzene rings is 3. The van der Waals surface area contributed by atoms with Crippen LogP contribution in [0.1, 0.15) is 30.5 Å². The second-order valence-electron chi connectivity index (χ2n) is 7.80. The monoisotopic (exact) mass is 438 g/mol. The zero-order valence-corrected chi connectivity index (χ0v) is 19.1. The van der Waals surface area contributed by atoms with Crippen LogP contribution in [-0.4, -0.2) is 30.3 Å². The van der Waals surface area contributed by atoms with Crippen LogP contribution in [0.25, 0.3) is 16.8 Å². The third-order valence-corrected chi connectivity index (χ3v) is 8.10. The van der Waals surface area contributed by atoms with Gasteiger partial charge in [0.15, 0.2) is 5.78 Å². The summed E-state index contributed by atoms with van der Waals surface area (Å²) in [4.78, 5) is 12.9. The average Bonchev–Trinajstić information content (AvgIpc) is 2.79. The maximum Gasteiger partial charge on any atom is 0.343 e. The molecule has 0 heterocycles. The van der Waals surface area contributed by atoms with E-state index in [0.29, 0.717) is 11.8 Å². The van der Waals surface area contributed by atoms with E-state index in [2.05, 4.69) is 0 Å². The number of rotatable bonds is 8. The normalized spacial score (nSPS) is 12.5. The second kappa shape index (κ2) is 9.19. The SMILES string of the molecule is COP(=O)(OC)C(C)(C)C(=O)/C=C/c1cc(Cc2ccccc2)c(O)c2ccccc12. The van der Waals surface area contributed by atoms with Gasteiger partial charge in [-0.2, -0.15) is 0 Å². The van der Waals surface area contributed by atoms with Crippen molar-refractivity contribution in [3.8, 4) is 5.75 Å². The number of carbonyl (C=O) groups excluding carboxylic acids is 1. The van der Waals surface area contributed by atoms with Crippen molar-refractivity contribution in [1.82, 2.24) is 0 Å². The predicted molar refractivity (Wildman–Crippen MR) is 125 cm³/mol. The first-order valence-corrected chi connectivity index (χ1v) is 11.5. The minimum Gasteiger partial charge on any atom is -0.507 e. The van der Waals surface area contributed by atoms with Crippen LogP contribution in [0.5, 0.6) is 5.75 Å². The number of hydrogen-bond acceptors (Lipinski definition) is 5. The molecule has 3 aromatic rings. The maximum absolute atomic E-state index is 12.9. The van der Waals surface area contributed by atoms with Crippen molar-refractivity contribution < 1.29 is 23.5 Å². The molecule has 0 atom stereocenters. The van der Waals surface area contributed by atoms with E-state index in [1.165, 1.54) is 20.3 Å². The third-order valence-electron chi connectivity index (χ3n) is 5.55. The Morgan fingerprint density at radius 1 is 1.00 bits per heavy atom. The van der Waals surface area contributed by atoms with Crippen LogP contribution in [0.4, 0.5) is 0 Å². The van der Waals surface area contributed by atoms with Gasteiger partial charge in [0.25, 0.3) is 0 Å². The summed E-state index contributed by atoms with van der Waals surface area (Å²) < 4.78 is 22.9. The minimum absolute atomic E-state index is 0.228. The molecule has 0 aliphatic heterocycles. The summed E-state index contributed by atoms with van der Waals surface area (Å²) in [5, 5.41) is 11.0. The van der Waals surface area contributed by atoms with Gasteiger partial charge in [0.05, 0.1) is 0 Å². The van der Waals surface area contributed by atoms with E-state index in [1.54, 1.807) is 19.9 Å². The highest BCUT2D eigenvalue weighted by Gasteiger charge is 2.46. The number of aromatic hydroxyl groups is 1. The molecule has 0 bridgehead atoms. The lowest BCUT2D eigenvalue weighted by atomic mass is 9.95. The summed E-state index contributed by atoms with van der Waals surface area (Å²) >= 11 is 0. The molecule has 0 saturated carbocycles. The van der Waals surface area contributed by atoms with Crippen LogP contribution in [-0.2, 0) is 24.8 Å². The van der Waals surface area contributed by atoms with Crippen LogP contribution in [0.3, 0.4) is 0 Å². The van der Waals surface area contributed by atoms with Gasteiger partial charge in [-0.3, -0.25) is 9.36 Å². The molecular weight excluding hydrogens is 411 g/mol. The molecule has 3 rings (SSSR count). The Balaban J connectivity index is 2.04. The molecule has 6 heteroatoms. The average molecular weight is 438 g/mol. The van der Waals surface area contributed by atoms with E-state index in [0.717, 1.165) is 22.1 Å². The van der Waals surface area contributed by atoms with E-state index < -0.39 is 12.8 Å². The second-order valence-corrected chi connectivity index (χ2v) is 10.6. The van der Waals surface area contributed by atoms with Gasteiger partial charge in [-0.25, -0.2) is 0 Å². The predicted octanol–water partition coefficient (Wildman–Crippen LogP) is 5.98. The van der Waals surface area contributed by atoms with Gasteiger partial charge in [0, 0.05) is 26.0 Å². The largest absolute Gasteiger partial charge is 0.507 e. The third kappa shape index (κ3) is 4.49. The highest BCUT2D eigenvalue weighted by Crippen LogP contribution is 2.59. The van der Waals surface area contributed by atoms with Crippen molar-refractivity contribution in [1.29, 1.82) is 0 Å². The number of fused-ring (bicyclic) bond motifs is 1. The minimum atomic E-state index is -3.61. The Hall–Kier alpha value is -2.72. The van der Waals surface area contributed by atoms with Crippen LogP contribution >= 0.6 is 7.60 Å². The topological polar surface area (TPSA) is 72.8 Å². The van der Waals surface area contributed by atoms with E-state index in [-0.39, 0.29) is 11.5 Å². The van der Waals surface area contributed by atoms with Crippen molar-refractivity contribution in [2.24, 2.45) is 0 Å². The van der Waals surface area contributed by atoms with Gasteiger partial charge in [-0.15, -0.1) is 0 Å². The summed E-state index contributed by atoms with van der Waals surface area (Å²) in [6.45, 7) is 3.09. The lowest BCUT2D eigenvalue weighted by Gasteiger charge is -2.28. The molecule has 3 aromatic carbocycles. The standard InChI is InChI=1S/C25H27O5P/c1-25(2,31(28,29-3)30-4)23(26)15-14-19-17-20(16-18-10-6-5-7-11-18)24(27)22-13-9-8-12-21(19)22/h5-15,17,27H,16H2,1-4H3/b15-14+. The van der Waals surface area contributed by atoms with Crippen molar-refractivity contribution in [2.75, 3.05) is 14.2 Å². The molecular formula is C25H27O5P. The van der Waals surface area contributed by atoms with Gasteiger partial charge in [-0.1, -0.05) is 60.7 Å². The Bertz CT molecular complexity index is 1160. The van der Waals surface area contributed by atoms with Crippen molar-refractivity contribution in [3.63, 3.8) is 0 Å². The molecule has 162 valence electrons. The zero-order chi connectivity index (χ0) is 22.6. The molecule has 0 radical (unpaired) electrons. The Kier molecular flexibility index (Phi) is 6.80. The van der Waals surface area contributed by atoms with E-state index in [4.69, 9.17) is 9.05 Å². The molecule has 1 N–H and O–H groups in total. The molecule has 31 heavy (non-hydrogen) atoms. The van der Waals surface area contributed by atoms with E-state index in [1.807, 2.05) is 60.7 Å². The maximum atomic E-state index is 12.9. The molecule has 0 unspecified atom stereocenters. The summed E-state index contributed by atoms with van der Waals surface area (Å²) in [5.41, 5.74) is 2.62. The summed E-state index contributed by atoms with van der Waals surface area (Å²) in [5.74, 6) is -0.146. The fourth-order valence-corrected chi connectivity index (χ4v) is 4.98. The molecule has 0 aliphatic rings. The van der Waals surface area contributed by atoms with Crippen molar-refractivity contribution in [3.05, 3.63) is 83.4 Å². The molecule has 0 fully saturated rings. The molecule has 0 aliphatic carbocycles. The molecule has 0 aromatic heterocycles. The quantitative estimate of drug-likeness (QED) is 0.346. The summed E-state index contributed by atoms with van der Waals surface area (Å²) in [6, 6.07) is 19.2. The lowest BCUT2D eigenvalue weighted by Crippen LogP contribution is -2.31. The number of phenolic OH excluding ortho intramolecular Hbond substituents is 1. The first-order valence-electron chi connectivity index (χ1n) is 9.95. The highest BCUT2D eigenvalue weighted by molar-refractivity contribution is 7.56. The number of hydrogen-bond donors (Lipinski definition) is 1. The number of ketones is 1. The molecule has 0 spiro atoms. The smallest absolute Gasteiger partial charge is 0.343 e. The lowest BCUT2D eigenvalue weighted by molar-refractivity contribution is -0.116. The van der Waals surface area contributed by atoms with Gasteiger partial charge in [-0.05, 0) is 48.1 Å². The Morgan fingerprint density at radius 3 is 2.19 bits per heavy atom. The van der Waals surface area contributed by atoms with Crippen LogP contribution < -0.4 is 0 Å². The van der Waals surface area contributed by atoms with Crippen molar-refractivity contribution >= 4 is 30.2 Å². The van der Waals surface area contributed by atoms with Gasteiger partial charge >= 0.3 is 7.60 Å². The van der Waals surface area contributed by atoms with Gasteiger partial charge < -0.3 is 14.2 Å². The first kappa shape index (κ1) is 23.0. The number of phenols is 1. The fourth-order valence-electron chi connectivity index (χ4n) is 3.57. The molecule has 5 nitrogen and oxygen atoms in total. The van der Waals surface area contributed by atoms with Crippen LogP contribution in [0, 0.1) is 0 Å². The molecule has 0 saturated heterocycles. The molecule has 0 amide bonds. The van der Waals surface area contributed by atoms with Gasteiger partial charge in [0.1, 0.15) is 10.9 Å². The van der Waals surface area contributed by atoms with Gasteiger partial charge in [0.2, 0.25) is 0 Å². The number of carbonyl (C=O) groups is 1. The van der Waals surface area contributed by atoms with E-state index in [9.17, 15) is 14.5 Å². The summed E-state index contributed by atoms with van der Waals surface area (Å²) in [7, 11) is -1.07. The first-order chi connectivity index (χ1) is 14.7. The van der Waals surface area contributed by atoms with Crippen LogP contribution in [0.15, 0.2) is 66.7 Å². The summed E-state index contributed by atoms with van der Waals surface area (Å²) in [6.07, 6.45) is 3.64. The van der Waals surface area contributed by atoms with E-state index >= 15 is 0 Å². The van der Waals surface area contributed by atoms with Crippen molar-refractivity contribution in [2.45, 2.75) is 25.4 Å². The van der Waals surface area contributed by atoms with Crippen LogP contribution in [0.2, 0.25) is 0 Å². The Morgan fingerprint density at radius 2 is 1.58 bits per heavy atom. The fraction of sp³-hybridized carbons (Fsp3) is 0.240.